The number of anilines is 1. The second-order valence-electron chi connectivity index (χ2n) is 9.42. The molecule has 5 heteroatoms. The molecule has 0 spiro atoms. The Morgan fingerprint density at radius 2 is 1.77 bits per heavy atom. The molecule has 1 heterocycles. The lowest BCUT2D eigenvalue weighted by Crippen LogP contribution is -2.26. The first kappa shape index (κ1) is 20.5. The van der Waals surface area contributed by atoms with Gasteiger partial charge in [-0.3, -0.25) is 4.79 Å². The molecule has 2 aliphatic carbocycles. The highest BCUT2D eigenvalue weighted by Gasteiger charge is 2.42. The molecule has 1 unspecified atom stereocenters. The molecular weight excluding hydrogens is 388 g/mol. The predicted octanol–water partition coefficient (Wildman–Crippen LogP) is 4.73. The zero-order chi connectivity index (χ0) is 21.2. The molecule has 1 N–H and O–H groups in total. The molecule has 5 nitrogen and oxygen atoms in total. The fraction of sp³-hybridized carbons (Fsp3) is 0.500. The maximum Gasteiger partial charge on any atom is 0.255 e. The zero-order valence-electron chi connectivity index (χ0n) is 18.3. The van der Waals surface area contributed by atoms with Crippen molar-refractivity contribution < 1.29 is 14.3 Å². The summed E-state index contributed by atoms with van der Waals surface area (Å²) in [5, 5.41) is 2.98. The average Bonchev–Trinajstić information content (AvgIpc) is 3.28. The molecule has 2 aromatic rings. The number of rotatable bonds is 7. The lowest BCUT2D eigenvalue weighted by Gasteiger charge is -2.25. The predicted molar refractivity (Wildman–Crippen MR) is 121 cm³/mol. The second-order valence-corrected chi connectivity index (χ2v) is 9.42. The van der Waals surface area contributed by atoms with E-state index in [2.05, 4.69) is 17.3 Å². The molecule has 164 valence electrons. The molecule has 2 aromatic carbocycles. The molecule has 0 bridgehead atoms. The Kier molecular flexibility index (Phi) is 5.97. The molecule has 1 aliphatic heterocycles. The fourth-order valence-corrected chi connectivity index (χ4v) is 5.08. The van der Waals surface area contributed by atoms with Crippen LogP contribution in [0, 0.1) is 11.8 Å². The lowest BCUT2D eigenvalue weighted by molar-refractivity contribution is -0.00866. The highest BCUT2D eigenvalue weighted by molar-refractivity contribution is 6.04. The van der Waals surface area contributed by atoms with Gasteiger partial charge >= 0.3 is 0 Å². The van der Waals surface area contributed by atoms with Crippen molar-refractivity contribution in [2.24, 2.45) is 11.8 Å². The highest BCUT2D eigenvalue weighted by atomic mass is 16.5. The molecular formula is C26H32N2O3. The third kappa shape index (κ3) is 4.78. The normalized spacial score (nSPS) is 25.8. The van der Waals surface area contributed by atoms with Gasteiger partial charge in [0, 0.05) is 30.3 Å². The van der Waals surface area contributed by atoms with E-state index in [-0.39, 0.29) is 5.91 Å². The van der Waals surface area contributed by atoms with E-state index < -0.39 is 0 Å². The van der Waals surface area contributed by atoms with Gasteiger partial charge in [-0.25, -0.2) is 0 Å². The Bertz CT molecular complexity index is 892. The van der Waals surface area contributed by atoms with Crippen molar-refractivity contribution >= 4 is 11.6 Å². The summed E-state index contributed by atoms with van der Waals surface area (Å²) in [6, 6.07) is 15.4. The maximum atomic E-state index is 12.6. The van der Waals surface area contributed by atoms with Crippen LogP contribution < -0.4 is 10.1 Å². The molecule has 1 amide bonds. The quantitative estimate of drug-likeness (QED) is 0.704. The summed E-state index contributed by atoms with van der Waals surface area (Å²) in [4.78, 5) is 15.0. The van der Waals surface area contributed by atoms with Gasteiger partial charge in [0.05, 0.1) is 12.7 Å². The third-order valence-electron chi connectivity index (χ3n) is 7.13. The van der Waals surface area contributed by atoms with Crippen LogP contribution in [0.4, 0.5) is 5.69 Å². The summed E-state index contributed by atoms with van der Waals surface area (Å²) in [7, 11) is 2.20. The minimum Gasteiger partial charge on any atom is -0.490 e. The zero-order valence-corrected chi connectivity index (χ0v) is 18.3. The second kappa shape index (κ2) is 9.01. The first-order valence-corrected chi connectivity index (χ1v) is 11.6. The number of amides is 1. The van der Waals surface area contributed by atoms with Crippen molar-refractivity contribution in [2.75, 3.05) is 25.5 Å². The van der Waals surface area contributed by atoms with E-state index in [0.717, 1.165) is 35.9 Å². The molecule has 3 atom stereocenters. The van der Waals surface area contributed by atoms with E-state index >= 15 is 0 Å². The number of carbonyl (C=O) groups excluding carboxylic acids is 1. The van der Waals surface area contributed by atoms with Gasteiger partial charge in [0.2, 0.25) is 0 Å². The van der Waals surface area contributed by atoms with Gasteiger partial charge in [-0.05, 0) is 87.0 Å². The summed E-state index contributed by atoms with van der Waals surface area (Å²) >= 11 is 0. The van der Waals surface area contributed by atoms with Crippen LogP contribution in [0.15, 0.2) is 48.5 Å². The van der Waals surface area contributed by atoms with Crippen LogP contribution in [-0.4, -0.2) is 43.2 Å². The first-order chi connectivity index (χ1) is 15.1. The number of carbonyl (C=O) groups is 1. The van der Waals surface area contributed by atoms with E-state index in [1.165, 1.54) is 32.2 Å². The van der Waals surface area contributed by atoms with Crippen LogP contribution in [0.2, 0.25) is 0 Å². The standard InChI is InChI=1S/C26H32N2O3/c1-28-15-20-9-14-25(24(20)16-28)31-23-12-10-21(11-13-23)27-26(29)19-7-5-18(6-8-19)17-30-22-3-2-4-22/h5-8,10-13,20,22,24-25H,2-4,9,14-17H2,1H3,(H,27,29)/t20-,24+,25?/m1/s1. The van der Waals surface area contributed by atoms with Gasteiger partial charge in [-0.1, -0.05) is 12.1 Å². The van der Waals surface area contributed by atoms with Gasteiger partial charge < -0.3 is 19.7 Å². The van der Waals surface area contributed by atoms with Gasteiger partial charge in [0.15, 0.2) is 0 Å². The van der Waals surface area contributed by atoms with Crippen LogP contribution in [0.1, 0.15) is 48.0 Å². The van der Waals surface area contributed by atoms with Crippen LogP contribution in [0.5, 0.6) is 5.75 Å². The first-order valence-electron chi connectivity index (χ1n) is 11.6. The largest absolute Gasteiger partial charge is 0.490 e. The summed E-state index contributed by atoms with van der Waals surface area (Å²) in [5.41, 5.74) is 2.53. The Morgan fingerprint density at radius 1 is 1.00 bits per heavy atom. The SMILES string of the molecule is CN1C[C@H]2CCC(Oc3ccc(NC(=O)c4ccc(COC5CCC5)cc4)cc3)[C@H]2C1. The highest BCUT2D eigenvalue weighted by Crippen LogP contribution is 2.39. The van der Waals surface area contributed by atoms with Crippen LogP contribution in [0.25, 0.3) is 0 Å². The van der Waals surface area contributed by atoms with Crippen molar-refractivity contribution in [2.45, 2.75) is 50.9 Å². The smallest absolute Gasteiger partial charge is 0.255 e. The van der Waals surface area contributed by atoms with E-state index in [1.54, 1.807) is 0 Å². The molecule has 1 saturated heterocycles. The molecule has 5 rings (SSSR count). The topological polar surface area (TPSA) is 50.8 Å². The van der Waals surface area contributed by atoms with Crippen LogP contribution in [-0.2, 0) is 11.3 Å². The Labute approximate surface area is 184 Å². The molecule has 2 saturated carbocycles. The molecule has 0 radical (unpaired) electrons. The number of fused-ring (bicyclic) bond motifs is 1. The summed E-state index contributed by atoms with van der Waals surface area (Å²) in [6.07, 6.45) is 6.75. The fourth-order valence-electron chi connectivity index (χ4n) is 5.08. The van der Waals surface area contributed by atoms with Crippen LogP contribution >= 0.6 is 0 Å². The van der Waals surface area contributed by atoms with Crippen molar-refractivity contribution in [3.63, 3.8) is 0 Å². The van der Waals surface area contributed by atoms with Gasteiger partial charge in [0.25, 0.3) is 5.91 Å². The number of nitrogens with one attached hydrogen (secondary N) is 1. The molecule has 31 heavy (non-hydrogen) atoms. The Hall–Kier alpha value is -2.37. The monoisotopic (exact) mass is 420 g/mol. The Balaban J connectivity index is 1.13. The lowest BCUT2D eigenvalue weighted by atomic mass is 9.96. The Morgan fingerprint density at radius 3 is 2.48 bits per heavy atom. The molecule has 0 aromatic heterocycles. The number of ether oxygens (including phenoxy) is 2. The maximum absolute atomic E-state index is 12.6. The van der Waals surface area contributed by atoms with Crippen molar-refractivity contribution in [1.82, 2.24) is 4.90 Å². The summed E-state index contributed by atoms with van der Waals surface area (Å²) in [5.74, 6) is 2.21. The van der Waals surface area contributed by atoms with Crippen molar-refractivity contribution in [3.8, 4) is 5.75 Å². The number of likely N-dealkylation sites (tertiary alicyclic amines) is 1. The van der Waals surface area contributed by atoms with Crippen LogP contribution in [0.3, 0.4) is 0 Å². The number of hydrogen-bond acceptors (Lipinski definition) is 4. The minimum atomic E-state index is -0.104. The third-order valence-corrected chi connectivity index (χ3v) is 7.13. The number of hydrogen-bond donors (Lipinski definition) is 1. The van der Waals surface area contributed by atoms with E-state index in [1.807, 2.05) is 48.5 Å². The van der Waals surface area contributed by atoms with E-state index in [9.17, 15) is 4.79 Å². The number of benzene rings is 2. The van der Waals surface area contributed by atoms with E-state index in [0.29, 0.717) is 30.3 Å². The van der Waals surface area contributed by atoms with Gasteiger partial charge in [-0.2, -0.15) is 0 Å². The molecule has 3 aliphatic rings. The molecule has 3 fully saturated rings. The van der Waals surface area contributed by atoms with Crippen molar-refractivity contribution in [3.05, 3.63) is 59.7 Å². The number of nitrogens with zero attached hydrogens (tertiary/aromatic N) is 1. The summed E-state index contributed by atoms with van der Waals surface area (Å²) < 4.78 is 12.1. The average molecular weight is 421 g/mol. The van der Waals surface area contributed by atoms with Gasteiger partial charge in [-0.15, -0.1) is 0 Å². The summed E-state index contributed by atoms with van der Waals surface area (Å²) in [6.45, 7) is 2.95. The van der Waals surface area contributed by atoms with Gasteiger partial charge in [0.1, 0.15) is 11.9 Å². The van der Waals surface area contributed by atoms with E-state index in [4.69, 9.17) is 9.47 Å². The van der Waals surface area contributed by atoms with Crippen molar-refractivity contribution in [1.29, 1.82) is 0 Å². The minimum absolute atomic E-state index is 0.104.